The molecule has 1 aliphatic rings. The summed E-state index contributed by atoms with van der Waals surface area (Å²) in [6.07, 6.45) is 0.559. The lowest BCUT2D eigenvalue weighted by molar-refractivity contribution is -0.118. The smallest absolute Gasteiger partial charge is 0.338 e. The average molecular weight is 488 g/mol. The number of anilines is 2. The standard InChI is InChI=1S/C24H29N3O6S/c1-5-33-24(30)18-7-6-8-19(13-18)25-23(29)22(15(2)3)26-34(31,32)20-9-10-21-17(14-20)11-12-27(21)16(4)28/h6-10,13-15,22,26H,5,11-12H2,1-4H3,(H,25,29)/t22-/m0/s1. The van der Waals surface area contributed by atoms with Crippen LogP contribution in [0.3, 0.4) is 0 Å². The minimum Gasteiger partial charge on any atom is -0.462 e. The topological polar surface area (TPSA) is 122 Å². The van der Waals surface area contributed by atoms with Crippen molar-refractivity contribution >= 4 is 39.2 Å². The van der Waals surface area contributed by atoms with Crippen molar-refractivity contribution in [1.82, 2.24) is 4.72 Å². The maximum atomic E-state index is 13.1. The zero-order valence-corrected chi connectivity index (χ0v) is 20.4. The first-order valence-corrected chi connectivity index (χ1v) is 12.5. The Labute approximate surface area is 199 Å². The molecule has 0 spiro atoms. The van der Waals surface area contributed by atoms with Crippen LogP contribution < -0.4 is 14.9 Å². The summed E-state index contributed by atoms with van der Waals surface area (Å²) in [6.45, 7) is 7.36. The summed E-state index contributed by atoms with van der Waals surface area (Å²) >= 11 is 0. The molecule has 0 bridgehead atoms. The number of rotatable bonds is 8. The van der Waals surface area contributed by atoms with Gasteiger partial charge in [-0.05, 0) is 61.2 Å². The monoisotopic (exact) mass is 487 g/mol. The zero-order chi connectivity index (χ0) is 25.0. The molecule has 0 radical (unpaired) electrons. The van der Waals surface area contributed by atoms with Crippen LogP contribution in [-0.4, -0.2) is 45.4 Å². The van der Waals surface area contributed by atoms with Crippen molar-refractivity contribution in [2.45, 2.75) is 45.1 Å². The molecule has 3 rings (SSSR count). The highest BCUT2D eigenvalue weighted by atomic mass is 32.2. The minimum atomic E-state index is -4.02. The summed E-state index contributed by atoms with van der Waals surface area (Å²) < 4.78 is 33.7. The number of ether oxygens (including phenoxy) is 1. The fraction of sp³-hybridized carbons (Fsp3) is 0.375. The van der Waals surface area contributed by atoms with Crippen molar-refractivity contribution in [3.8, 4) is 0 Å². The Morgan fingerprint density at radius 2 is 1.85 bits per heavy atom. The van der Waals surface area contributed by atoms with Gasteiger partial charge in [-0.15, -0.1) is 0 Å². The quantitative estimate of drug-likeness (QED) is 0.552. The highest BCUT2D eigenvalue weighted by Crippen LogP contribution is 2.30. The first-order chi connectivity index (χ1) is 16.0. The highest BCUT2D eigenvalue weighted by molar-refractivity contribution is 7.89. The molecule has 182 valence electrons. The Kier molecular flexibility index (Phi) is 7.73. The molecule has 1 atom stereocenters. The molecule has 2 aromatic carbocycles. The molecule has 9 nitrogen and oxygen atoms in total. The van der Waals surface area contributed by atoms with Gasteiger partial charge in [-0.1, -0.05) is 19.9 Å². The van der Waals surface area contributed by atoms with Gasteiger partial charge in [0.1, 0.15) is 6.04 Å². The summed E-state index contributed by atoms with van der Waals surface area (Å²) in [6, 6.07) is 9.78. The Hall–Kier alpha value is -3.24. The molecule has 0 aromatic heterocycles. The SMILES string of the molecule is CCOC(=O)c1cccc(NC(=O)[C@@H](NS(=O)(=O)c2ccc3c(c2)CCN3C(C)=O)C(C)C)c1. The summed E-state index contributed by atoms with van der Waals surface area (Å²) in [4.78, 5) is 38.3. The van der Waals surface area contributed by atoms with E-state index in [0.29, 0.717) is 24.3 Å². The van der Waals surface area contributed by atoms with Gasteiger partial charge in [0.15, 0.2) is 0 Å². The van der Waals surface area contributed by atoms with E-state index in [1.165, 1.54) is 19.1 Å². The zero-order valence-electron chi connectivity index (χ0n) is 19.6. The number of amides is 2. The summed E-state index contributed by atoms with van der Waals surface area (Å²) in [5.41, 5.74) is 2.09. The molecule has 2 N–H and O–H groups in total. The van der Waals surface area contributed by atoms with Gasteiger partial charge >= 0.3 is 5.97 Å². The highest BCUT2D eigenvalue weighted by Gasteiger charge is 2.30. The number of esters is 1. The normalized spacial score (nSPS) is 14.0. The van der Waals surface area contributed by atoms with Crippen LogP contribution in [0.2, 0.25) is 0 Å². The summed E-state index contributed by atoms with van der Waals surface area (Å²) in [7, 11) is -4.02. The number of carbonyl (C=O) groups is 3. The van der Waals surface area contributed by atoms with Crippen LogP contribution in [0, 0.1) is 5.92 Å². The predicted molar refractivity (Wildman–Crippen MR) is 128 cm³/mol. The van der Waals surface area contributed by atoms with E-state index in [4.69, 9.17) is 4.74 Å². The van der Waals surface area contributed by atoms with Crippen molar-refractivity contribution in [2.75, 3.05) is 23.4 Å². The number of sulfonamides is 1. The van der Waals surface area contributed by atoms with Crippen molar-refractivity contribution in [3.63, 3.8) is 0 Å². The molecule has 0 aliphatic carbocycles. The van der Waals surface area contributed by atoms with Crippen LogP contribution in [0.1, 0.15) is 43.6 Å². The third-order valence-corrected chi connectivity index (χ3v) is 6.95. The van der Waals surface area contributed by atoms with E-state index >= 15 is 0 Å². The van der Waals surface area contributed by atoms with Gasteiger partial charge in [-0.25, -0.2) is 13.2 Å². The molecule has 0 saturated carbocycles. The van der Waals surface area contributed by atoms with E-state index in [9.17, 15) is 22.8 Å². The number of hydrogen-bond donors (Lipinski definition) is 2. The van der Waals surface area contributed by atoms with E-state index in [-0.39, 0.29) is 28.9 Å². The molecule has 1 aliphatic heterocycles. The van der Waals surface area contributed by atoms with Crippen LogP contribution in [-0.2, 0) is 30.8 Å². The fourth-order valence-electron chi connectivity index (χ4n) is 3.76. The average Bonchev–Trinajstić information content (AvgIpc) is 3.21. The summed E-state index contributed by atoms with van der Waals surface area (Å²) in [5.74, 6) is -1.52. The van der Waals surface area contributed by atoms with Gasteiger partial charge in [0, 0.05) is 24.8 Å². The fourth-order valence-corrected chi connectivity index (χ4v) is 5.15. The van der Waals surface area contributed by atoms with E-state index in [2.05, 4.69) is 10.0 Å². The molecule has 1 heterocycles. The third kappa shape index (κ3) is 5.63. The Morgan fingerprint density at radius 1 is 1.12 bits per heavy atom. The lowest BCUT2D eigenvalue weighted by Crippen LogP contribution is -2.47. The van der Waals surface area contributed by atoms with Crippen LogP contribution >= 0.6 is 0 Å². The van der Waals surface area contributed by atoms with Crippen molar-refractivity contribution < 1.29 is 27.5 Å². The summed E-state index contributed by atoms with van der Waals surface area (Å²) in [5, 5.41) is 2.68. The van der Waals surface area contributed by atoms with Gasteiger partial charge in [0.05, 0.1) is 17.1 Å². The molecule has 2 amide bonds. The second-order valence-electron chi connectivity index (χ2n) is 8.34. The maximum absolute atomic E-state index is 13.1. The number of nitrogens with one attached hydrogen (secondary N) is 2. The van der Waals surface area contributed by atoms with Crippen LogP contribution in [0.4, 0.5) is 11.4 Å². The van der Waals surface area contributed by atoms with Gasteiger partial charge in [-0.2, -0.15) is 4.72 Å². The van der Waals surface area contributed by atoms with Crippen LogP contribution in [0.5, 0.6) is 0 Å². The Balaban J connectivity index is 1.78. The number of fused-ring (bicyclic) bond motifs is 1. The van der Waals surface area contributed by atoms with E-state index in [1.807, 2.05) is 0 Å². The van der Waals surface area contributed by atoms with Crippen molar-refractivity contribution in [3.05, 3.63) is 53.6 Å². The molecular formula is C24H29N3O6S. The molecule has 0 unspecified atom stereocenters. The lowest BCUT2D eigenvalue weighted by atomic mass is 10.0. The van der Waals surface area contributed by atoms with E-state index in [1.54, 1.807) is 56.0 Å². The van der Waals surface area contributed by atoms with E-state index in [0.717, 1.165) is 5.56 Å². The second-order valence-corrected chi connectivity index (χ2v) is 10.1. The molecule has 2 aromatic rings. The van der Waals surface area contributed by atoms with Gasteiger partial charge in [-0.3, -0.25) is 9.59 Å². The molecule has 34 heavy (non-hydrogen) atoms. The molecule has 0 fully saturated rings. The molecular weight excluding hydrogens is 458 g/mol. The molecule has 0 saturated heterocycles. The maximum Gasteiger partial charge on any atom is 0.338 e. The Morgan fingerprint density at radius 3 is 2.50 bits per heavy atom. The first kappa shape index (κ1) is 25.4. The van der Waals surface area contributed by atoms with Crippen molar-refractivity contribution in [2.24, 2.45) is 5.92 Å². The predicted octanol–water partition coefficient (Wildman–Crippen LogP) is 2.71. The van der Waals surface area contributed by atoms with Crippen LogP contribution in [0.15, 0.2) is 47.4 Å². The molecule has 10 heteroatoms. The number of nitrogens with zero attached hydrogens (tertiary/aromatic N) is 1. The minimum absolute atomic E-state index is 0.0272. The lowest BCUT2D eigenvalue weighted by Gasteiger charge is -2.22. The number of carbonyl (C=O) groups excluding carboxylic acids is 3. The van der Waals surface area contributed by atoms with Gasteiger partial charge < -0.3 is 15.0 Å². The van der Waals surface area contributed by atoms with Gasteiger partial charge in [0.2, 0.25) is 21.8 Å². The van der Waals surface area contributed by atoms with E-state index < -0.39 is 27.9 Å². The Bertz CT molecular complexity index is 1210. The third-order valence-electron chi connectivity index (χ3n) is 5.51. The second kappa shape index (κ2) is 10.4. The number of benzene rings is 2. The first-order valence-electron chi connectivity index (χ1n) is 11.0. The van der Waals surface area contributed by atoms with Gasteiger partial charge in [0.25, 0.3) is 0 Å². The largest absolute Gasteiger partial charge is 0.462 e. The van der Waals surface area contributed by atoms with Crippen molar-refractivity contribution in [1.29, 1.82) is 0 Å². The number of hydrogen-bond acceptors (Lipinski definition) is 6. The van der Waals surface area contributed by atoms with Crippen LogP contribution in [0.25, 0.3) is 0 Å².